The number of rotatable bonds is 2. The van der Waals surface area contributed by atoms with E-state index in [1.165, 1.54) is 25.0 Å². The Hall–Kier alpha value is -1.98. The number of ether oxygens (including phenoxy) is 4. The Bertz CT molecular complexity index is 759. The van der Waals surface area contributed by atoms with Crippen molar-refractivity contribution < 1.29 is 28.5 Å². The minimum atomic E-state index is -0.707. The van der Waals surface area contributed by atoms with Crippen LogP contribution in [0.15, 0.2) is 23.7 Å². The van der Waals surface area contributed by atoms with E-state index in [1.54, 1.807) is 0 Å². The van der Waals surface area contributed by atoms with Crippen LogP contribution >= 0.6 is 0 Å². The van der Waals surface area contributed by atoms with E-state index < -0.39 is 11.6 Å². The topological polar surface area (TPSA) is 71.1 Å². The van der Waals surface area contributed by atoms with Gasteiger partial charge in [0.05, 0.1) is 12.2 Å². The van der Waals surface area contributed by atoms with Crippen molar-refractivity contribution in [1.29, 1.82) is 0 Å². The molecule has 200 valence electrons. The molecule has 4 rings (SSSR count). The third kappa shape index (κ3) is 6.62. The van der Waals surface area contributed by atoms with E-state index in [2.05, 4.69) is 41.5 Å². The number of hydrogen-bond donors (Lipinski definition) is 0. The van der Waals surface area contributed by atoms with Crippen LogP contribution in [0.4, 0.5) is 0 Å². The van der Waals surface area contributed by atoms with Gasteiger partial charge in [-0.1, -0.05) is 49.0 Å². The fourth-order valence-electron chi connectivity index (χ4n) is 6.38. The third-order valence-corrected chi connectivity index (χ3v) is 7.80. The molecule has 0 radical (unpaired) electrons. The van der Waals surface area contributed by atoms with Crippen molar-refractivity contribution in [3.05, 3.63) is 23.7 Å². The second kappa shape index (κ2) is 11.4. The standard InChI is InChI=1S/2C14H22O3.CH4/c2*1-9(2)12-6-5-10(3)8-14(12)16-11(4)7-13(15)17-14;/h2*7,9-10,12H,5-6,8H2,1-4H3;1H4/t10-,12+,14+;10-,12+,14-;/m11./s1. The third-order valence-electron chi connectivity index (χ3n) is 7.80. The summed E-state index contributed by atoms with van der Waals surface area (Å²) in [5.74, 6) is 2.04. The number of allylic oxidation sites excluding steroid dienone is 2. The van der Waals surface area contributed by atoms with Gasteiger partial charge >= 0.3 is 11.9 Å². The Labute approximate surface area is 212 Å². The molecule has 4 aliphatic rings. The highest BCUT2D eigenvalue weighted by Gasteiger charge is 2.52. The predicted molar refractivity (Wildman–Crippen MR) is 137 cm³/mol. The normalized spacial score (nSPS) is 36.6. The molecule has 6 nitrogen and oxygen atoms in total. The van der Waals surface area contributed by atoms with E-state index >= 15 is 0 Å². The summed E-state index contributed by atoms with van der Waals surface area (Å²) in [7, 11) is 0. The smallest absolute Gasteiger partial charge is 0.337 e. The average Bonchev–Trinajstić information content (AvgIpc) is 2.65. The van der Waals surface area contributed by atoms with Gasteiger partial charge in [-0.2, -0.15) is 0 Å². The zero-order chi connectivity index (χ0) is 25.3. The molecule has 2 aliphatic carbocycles. The van der Waals surface area contributed by atoms with Gasteiger partial charge in [0.15, 0.2) is 0 Å². The molecule has 2 heterocycles. The first kappa shape index (κ1) is 29.3. The molecule has 2 spiro atoms. The summed E-state index contributed by atoms with van der Waals surface area (Å²) in [6.45, 7) is 16.8. The fourth-order valence-corrected chi connectivity index (χ4v) is 6.38. The zero-order valence-corrected chi connectivity index (χ0v) is 22.3. The van der Waals surface area contributed by atoms with Crippen molar-refractivity contribution in [2.24, 2.45) is 35.5 Å². The Morgan fingerprint density at radius 2 is 1.03 bits per heavy atom. The van der Waals surface area contributed by atoms with Gasteiger partial charge in [0.25, 0.3) is 11.6 Å². The van der Waals surface area contributed by atoms with Crippen LogP contribution in [0, 0.1) is 35.5 Å². The Kier molecular flexibility index (Phi) is 9.52. The molecule has 0 N–H and O–H groups in total. The van der Waals surface area contributed by atoms with Gasteiger partial charge in [-0.15, -0.1) is 0 Å². The van der Waals surface area contributed by atoms with Crippen molar-refractivity contribution >= 4 is 11.9 Å². The maximum Gasteiger partial charge on any atom is 0.337 e. The molecule has 0 aromatic carbocycles. The summed E-state index contributed by atoms with van der Waals surface area (Å²) in [6.07, 6.45) is 9.00. The van der Waals surface area contributed by atoms with Gasteiger partial charge < -0.3 is 18.9 Å². The molecular formula is C29H48O6. The highest BCUT2D eigenvalue weighted by atomic mass is 16.7. The number of carbonyl (C=O) groups excluding carboxylic acids is 2. The second-order valence-corrected chi connectivity index (χ2v) is 11.7. The summed E-state index contributed by atoms with van der Waals surface area (Å²) < 4.78 is 23.1. The first-order chi connectivity index (χ1) is 15.9. The lowest BCUT2D eigenvalue weighted by molar-refractivity contribution is -0.268. The van der Waals surface area contributed by atoms with E-state index in [0.717, 1.165) is 25.7 Å². The Balaban J connectivity index is 0.000000240. The minimum absolute atomic E-state index is 0. The molecule has 35 heavy (non-hydrogen) atoms. The van der Waals surface area contributed by atoms with Gasteiger partial charge in [0.1, 0.15) is 11.5 Å². The maximum atomic E-state index is 11.6. The first-order valence-electron chi connectivity index (χ1n) is 13.1. The maximum absolute atomic E-state index is 11.6. The van der Waals surface area contributed by atoms with Crippen molar-refractivity contribution in [3.63, 3.8) is 0 Å². The van der Waals surface area contributed by atoms with E-state index in [4.69, 9.17) is 18.9 Å². The van der Waals surface area contributed by atoms with Crippen molar-refractivity contribution in [1.82, 2.24) is 0 Å². The molecule has 0 unspecified atom stereocenters. The van der Waals surface area contributed by atoms with Crippen LogP contribution in [0.3, 0.4) is 0 Å². The van der Waals surface area contributed by atoms with Gasteiger partial charge in [-0.3, -0.25) is 0 Å². The van der Waals surface area contributed by atoms with Gasteiger partial charge in [0.2, 0.25) is 0 Å². The second-order valence-electron chi connectivity index (χ2n) is 11.7. The summed E-state index contributed by atoms with van der Waals surface area (Å²) >= 11 is 0. The lowest BCUT2D eigenvalue weighted by Gasteiger charge is -2.47. The molecule has 0 bridgehead atoms. The molecule has 0 amide bonds. The fraction of sp³-hybridized carbons (Fsp3) is 0.793. The van der Waals surface area contributed by atoms with E-state index in [1.807, 2.05) is 13.8 Å². The summed E-state index contributed by atoms with van der Waals surface area (Å²) in [4.78, 5) is 23.3. The molecule has 2 saturated carbocycles. The largest absolute Gasteiger partial charge is 0.456 e. The molecule has 6 atom stereocenters. The van der Waals surface area contributed by atoms with Crippen molar-refractivity contribution in [2.75, 3.05) is 0 Å². The lowest BCUT2D eigenvalue weighted by atomic mass is 9.72. The van der Waals surface area contributed by atoms with Crippen LogP contribution in [0.25, 0.3) is 0 Å². The van der Waals surface area contributed by atoms with Gasteiger partial charge in [-0.25, -0.2) is 9.59 Å². The molecule has 0 saturated heterocycles. The van der Waals surface area contributed by atoms with Crippen LogP contribution in [-0.4, -0.2) is 23.5 Å². The highest BCUT2D eigenvalue weighted by Crippen LogP contribution is 2.47. The van der Waals surface area contributed by atoms with Crippen LogP contribution in [-0.2, 0) is 28.5 Å². The zero-order valence-electron chi connectivity index (χ0n) is 22.3. The van der Waals surface area contributed by atoms with Crippen LogP contribution in [0.5, 0.6) is 0 Å². The Morgan fingerprint density at radius 1 is 0.686 bits per heavy atom. The average molecular weight is 493 g/mol. The lowest BCUT2D eigenvalue weighted by Crippen LogP contribution is -2.52. The molecule has 0 aromatic heterocycles. The van der Waals surface area contributed by atoms with Crippen molar-refractivity contribution in [3.8, 4) is 0 Å². The van der Waals surface area contributed by atoms with Crippen LogP contribution in [0.2, 0.25) is 0 Å². The molecule has 0 aromatic rings. The minimum Gasteiger partial charge on any atom is -0.456 e. The van der Waals surface area contributed by atoms with E-state index in [9.17, 15) is 9.59 Å². The molecule has 2 fully saturated rings. The first-order valence-corrected chi connectivity index (χ1v) is 13.1. The molecular weight excluding hydrogens is 444 g/mol. The summed E-state index contributed by atoms with van der Waals surface area (Å²) in [6, 6.07) is 0. The van der Waals surface area contributed by atoms with Gasteiger partial charge in [0, 0.05) is 24.7 Å². The van der Waals surface area contributed by atoms with E-state index in [-0.39, 0.29) is 19.4 Å². The number of esters is 2. The van der Waals surface area contributed by atoms with Crippen LogP contribution in [0.1, 0.15) is 101 Å². The van der Waals surface area contributed by atoms with Crippen LogP contribution < -0.4 is 0 Å². The summed E-state index contributed by atoms with van der Waals surface area (Å²) in [5.41, 5.74) is 0. The highest BCUT2D eigenvalue weighted by molar-refractivity contribution is 5.83. The molecule has 2 aliphatic heterocycles. The van der Waals surface area contributed by atoms with E-state index in [0.29, 0.717) is 47.0 Å². The Morgan fingerprint density at radius 3 is 1.31 bits per heavy atom. The number of carbonyl (C=O) groups is 2. The predicted octanol–water partition coefficient (Wildman–Crippen LogP) is 7.14. The number of hydrogen-bond acceptors (Lipinski definition) is 6. The summed E-state index contributed by atoms with van der Waals surface area (Å²) in [5, 5.41) is 0. The SMILES string of the molecule is C.CC1=CC(=O)O[C@@]2(C[C@H](C)CC[C@H]2C(C)C)O1.CC1=CC(=O)O[C@]2(C[C@H](C)CC[C@H]2C(C)C)O1. The monoisotopic (exact) mass is 492 g/mol. The molecule has 6 heteroatoms. The van der Waals surface area contributed by atoms with Crippen molar-refractivity contribution in [2.45, 2.75) is 113 Å². The van der Waals surface area contributed by atoms with Gasteiger partial charge in [-0.05, 0) is 63.2 Å². The quantitative estimate of drug-likeness (QED) is 0.382.